The lowest BCUT2D eigenvalue weighted by molar-refractivity contribution is -0.140. The fraction of sp³-hybridized carbons (Fsp3) is 0.294. The van der Waals surface area contributed by atoms with Gasteiger partial charge in [0.25, 0.3) is 0 Å². The largest absolute Gasteiger partial charge is 0.369 e. The van der Waals surface area contributed by atoms with Gasteiger partial charge in [0.2, 0.25) is 0 Å². The first-order chi connectivity index (χ1) is 10.3. The molecular weight excluding hydrogens is 266 g/mol. The summed E-state index contributed by atoms with van der Waals surface area (Å²) in [5.74, 6) is 0. The minimum Gasteiger partial charge on any atom is -0.369 e. The maximum absolute atomic E-state index is 10.2. The fourth-order valence-electron chi connectivity index (χ4n) is 2.55. The van der Waals surface area contributed by atoms with Crippen LogP contribution in [0.5, 0.6) is 0 Å². The quantitative estimate of drug-likeness (QED) is 0.887. The van der Waals surface area contributed by atoms with Gasteiger partial charge in [-0.25, -0.2) is 0 Å². The number of hydrogen-bond acceptors (Lipinski definition) is 4. The van der Waals surface area contributed by atoms with Crippen LogP contribution < -0.4 is 5.73 Å². The van der Waals surface area contributed by atoms with E-state index in [1.54, 1.807) is 0 Å². The topological polar surface area (TPSA) is 64.7 Å². The van der Waals surface area contributed by atoms with Gasteiger partial charge in [-0.1, -0.05) is 60.7 Å². The number of hydrogen-bond donors (Lipinski definition) is 2. The Bertz CT molecular complexity index is 561. The van der Waals surface area contributed by atoms with E-state index >= 15 is 0 Å². The molecule has 2 aromatic rings. The van der Waals surface area contributed by atoms with Crippen LogP contribution in [0.3, 0.4) is 0 Å². The van der Waals surface area contributed by atoms with Gasteiger partial charge in [0.15, 0.2) is 6.29 Å². The predicted molar refractivity (Wildman–Crippen MR) is 79.4 cm³/mol. The number of aliphatic hydroxyl groups excluding tert-OH is 1. The maximum atomic E-state index is 10.2. The first-order valence-corrected chi connectivity index (χ1v) is 7.06. The van der Waals surface area contributed by atoms with E-state index < -0.39 is 12.3 Å². The lowest BCUT2D eigenvalue weighted by atomic mass is 10.0. The van der Waals surface area contributed by atoms with Crippen molar-refractivity contribution >= 4 is 0 Å². The van der Waals surface area contributed by atoms with E-state index in [2.05, 4.69) is 0 Å². The average Bonchev–Trinajstić information content (AvgIpc) is 2.69. The first-order valence-electron chi connectivity index (χ1n) is 7.06. The van der Waals surface area contributed by atoms with E-state index in [4.69, 9.17) is 15.2 Å². The molecule has 1 aliphatic heterocycles. The Kier molecular flexibility index (Phi) is 4.31. The molecule has 1 saturated heterocycles. The summed E-state index contributed by atoms with van der Waals surface area (Å²) in [6.45, 7) is 0.355. The van der Waals surface area contributed by atoms with E-state index in [0.29, 0.717) is 6.61 Å². The fourth-order valence-corrected chi connectivity index (χ4v) is 2.55. The Morgan fingerprint density at radius 3 is 2.10 bits per heavy atom. The van der Waals surface area contributed by atoms with Crippen molar-refractivity contribution in [1.29, 1.82) is 0 Å². The maximum Gasteiger partial charge on any atom is 0.173 e. The molecule has 3 rings (SSSR count). The minimum absolute atomic E-state index is 0.319. The Balaban J connectivity index is 1.82. The van der Waals surface area contributed by atoms with Crippen molar-refractivity contribution in [2.45, 2.75) is 24.5 Å². The van der Waals surface area contributed by atoms with Crippen LogP contribution in [0.15, 0.2) is 60.7 Å². The number of nitrogens with two attached hydrogens (primary N) is 1. The third kappa shape index (κ3) is 3.14. The Morgan fingerprint density at radius 1 is 0.905 bits per heavy atom. The lowest BCUT2D eigenvalue weighted by Crippen LogP contribution is -2.40. The van der Waals surface area contributed by atoms with Crippen LogP contribution in [-0.4, -0.2) is 24.0 Å². The van der Waals surface area contributed by atoms with Gasteiger partial charge in [-0.3, -0.25) is 0 Å². The van der Waals surface area contributed by atoms with Crippen molar-refractivity contribution in [2.75, 3.05) is 6.61 Å². The zero-order valence-corrected chi connectivity index (χ0v) is 11.6. The Labute approximate surface area is 124 Å². The smallest absolute Gasteiger partial charge is 0.173 e. The van der Waals surface area contributed by atoms with Gasteiger partial charge in [0, 0.05) is 0 Å². The molecule has 4 unspecified atom stereocenters. The minimum atomic E-state index is -1.07. The summed E-state index contributed by atoms with van der Waals surface area (Å²) in [6.07, 6.45) is -1.77. The third-order valence-electron chi connectivity index (χ3n) is 3.71. The summed E-state index contributed by atoms with van der Waals surface area (Å²) >= 11 is 0. The molecule has 110 valence electrons. The van der Waals surface area contributed by atoms with E-state index in [0.717, 1.165) is 11.1 Å². The predicted octanol–water partition coefficient (Wildman–Crippen LogP) is 2.16. The van der Waals surface area contributed by atoms with Gasteiger partial charge < -0.3 is 20.3 Å². The van der Waals surface area contributed by atoms with Crippen molar-refractivity contribution in [1.82, 2.24) is 0 Å². The Morgan fingerprint density at radius 2 is 1.48 bits per heavy atom. The molecule has 0 spiro atoms. The zero-order chi connectivity index (χ0) is 14.7. The molecule has 0 saturated carbocycles. The molecule has 4 heteroatoms. The first kappa shape index (κ1) is 14.2. The molecule has 1 aliphatic rings. The normalized spacial score (nSPS) is 29.8. The number of benzene rings is 2. The summed E-state index contributed by atoms with van der Waals surface area (Å²) in [5, 5.41) is 10.2. The highest BCUT2D eigenvalue weighted by Crippen LogP contribution is 2.31. The highest BCUT2D eigenvalue weighted by atomic mass is 16.6. The second-order valence-electron chi connectivity index (χ2n) is 5.17. The van der Waals surface area contributed by atoms with E-state index in [-0.39, 0.29) is 12.2 Å². The summed E-state index contributed by atoms with van der Waals surface area (Å²) in [7, 11) is 0. The molecule has 1 fully saturated rings. The van der Waals surface area contributed by atoms with E-state index in [9.17, 15) is 5.11 Å². The average molecular weight is 285 g/mol. The Hall–Kier alpha value is -1.72. The molecule has 0 aromatic heterocycles. The van der Waals surface area contributed by atoms with Crippen LogP contribution in [0.4, 0.5) is 0 Å². The monoisotopic (exact) mass is 285 g/mol. The second-order valence-corrected chi connectivity index (χ2v) is 5.17. The van der Waals surface area contributed by atoms with Gasteiger partial charge in [0.05, 0.1) is 12.6 Å². The molecule has 0 aliphatic carbocycles. The SMILES string of the molecule is NC1C(O)OC(c2ccccc2)COC1c1ccccc1. The summed E-state index contributed by atoms with van der Waals surface area (Å²) in [6, 6.07) is 18.8. The van der Waals surface area contributed by atoms with Crippen molar-refractivity contribution < 1.29 is 14.6 Å². The van der Waals surface area contributed by atoms with E-state index in [1.807, 2.05) is 60.7 Å². The van der Waals surface area contributed by atoms with Gasteiger partial charge >= 0.3 is 0 Å². The standard InChI is InChI=1S/C17H19NO3/c18-15-16(13-9-5-2-6-10-13)20-11-14(21-17(15)19)12-7-3-1-4-8-12/h1-10,14-17,19H,11,18H2. The molecule has 2 aromatic carbocycles. The number of aliphatic hydroxyl groups is 1. The molecule has 4 atom stereocenters. The molecule has 21 heavy (non-hydrogen) atoms. The molecule has 4 nitrogen and oxygen atoms in total. The van der Waals surface area contributed by atoms with Crippen molar-refractivity contribution in [2.24, 2.45) is 5.73 Å². The molecule has 0 bridgehead atoms. The highest BCUT2D eigenvalue weighted by Gasteiger charge is 2.34. The molecule has 1 heterocycles. The third-order valence-corrected chi connectivity index (χ3v) is 3.71. The van der Waals surface area contributed by atoms with Gasteiger partial charge in [-0.15, -0.1) is 0 Å². The zero-order valence-electron chi connectivity index (χ0n) is 11.6. The summed E-state index contributed by atoms with van der Waals surface area (Å²) in [4.78, 5) is 0. The van der Waals surface area contributed by atoms with Crippen LogP contribution in [0.1, 0.15) is 23.3 Å². The highest BCUT2D eigenvalue weighted by molar-refractivity contribution is 5.21. The lowest BCUT2D eigenvalue weighted by Gasteiger charge is -2.24. The van der Waals surface area contributed by atoms with Crippen molar-refractivity contribution in [3.63, 3.8) is 0 Å². The van der Waals surface area contributed by atoms with Crippen LogP contribution >= 0.6 is 0 Å². The van der Waals surface area contributed by atoms with Crippen LogP contribution in [0.2, 0.25) is 0 Å². The van der Waals surface area contributed by atoms with Crippen LogP contribution in [-0.2, 0) is 9.47 Å². The molecular formula is C17H19NO3. The summed E-state index contributed by atoms with van der Waals surface area (Å²) in [5.41, 5.74) is 8.01. The second kappa shape index (κ2) is 6.37. The van der Waals surface area contributed by atoms with Crippen molar-refractivity contribution in [3.8, 4) is 0 Å². The van der Waals surface area contributed by atoms with Crippen LogP contribution in [0.25, 0.3) is 0 Å². The molecule has 0 amide bonds. The van der Waals surface area contributed by atoms with Gasteiger partial charge in [0.1, 0.15) is 12.2 Å². The summed E-state index contributed by atoms with van der Waals surface area (Å²) < 4.78 is 11.6. The van der Waals surface area contributed by atoms with Gasteiger partial charge in [-0.05, 0) is 11.1 Å². The molecule has 3 N–H and O–H groups in total. The molecule has 0 radical (unpaired) electrons. The number of ether oxygens (including phenoxy) is 2. The van der Waals surface area contributed by atoms with Crippen molar-refractivity contribution in [3.05, 3.63) is 71.8 Å². The van der Waals surface area contributed by atoms with E-state index in [1.165, 1.54) is 0 Å². The number of rotatable bonds is 2. The van der Waals surface area contributed by atoms with Gasteiger partial charge in [-0.2, -0.15) is 0 Å². The van der Waals surface area contributed by atoms with Crippen LogP contribution in [0, 0.1) is 0 Å².